The van der Waals surface area contributed by atoms with Gasteiger partial charge in [-0.1, -0.05) is 11.6 Å². The lowest BCUT2D eigenvalue weighted by atomic mass is 10.1. The number of hydrogen-bond donors (Lipinski definition) is 4. The number of alkyl halides is 1. The molecule has 0 aromatic rings. The van der Waals surface area contributed by atoms with Crippen molar-refractivity contribution in [3.63, 3.8) is 0 Å². The Bertz CT molecular complexity index is 209. The monoisotopic (exact) mass is 178 g/mol. The lowest BCUT2D eigenvalue weighted by Gasteiger charge is -2.21. The van der Waals surface area contributed by atoms with Crippen molar-refractivity contribution in [1.29, 1.82) is 0 Å². The minimum atomic E-state index is -1.91. The Morgan fingerprint density at radius 3 is 2.00 bits per heavy atom. The SMILES string of the molecule is OC1=CC(O)(Cl)C=C(O)C1O. The molecule has 62 valence electrons. The maximum absolute atomic E-state index is 9.01. The van der Waals surface area contributed by atoms with Gasteiger partial charge in [-0.05, 0) is 0 Å². The summed E-state index contributed by atoms with van der Waals surface area (Å²) in [7, 11) is 0. The van der Waals surface area contributed by atoms with Crippen LogP contribution in [0.3, 0.4) is 0 Å². The summed E-state index contributed by atoms with van der Waals surface area (Å²) in [5.41, 5.74) is 0. The molecule has 0 amide bonds. The first kappa shape index (κ1) is 8.39. The zero-order valence-corrected chi connectivity index (χ0v) is 6.15. The molecule has 0 unspecified atom stereocenters. The molecule has 0 fully saturated rings. The zero-order valence-electron chi connectivity index (χ0n) is 5.40. The molecule has 0 radical (unpaired) electrons. The highest BCUT2D eigenvalue weighted by molar-refractivity contribution is 6.25. The summed E-state index contributed by atoms with van der Waals surface area (Å²) in [6.07, 6.45) is 0.187. The van der Waals surface area contributed by atoms with Gasteiger partial charge in [0, 0.05) is 12.2 Å². The van der Waals surface area contributed by atoms with E-state index in [4.69, 9.17) is 32.0 Å². The standard InChI is InChI=1S/C6H7ClO4/c7-6(11)1-3(8)5(10)4(9)2-6/h1-2,5,8-11H. The second kappa shape index (κ2) is 2.41. The topological polar surface area (TPSA) is 80.9 Å². The van der Waals surface area contributed by atoms with Crippen LogP contribution in [0, 0.1) is 0 Å². The molecule has 0 aromatic heterocycles. The Hall–Kier alpha value is -0.710. The summed E-state index contributed by atoms with van der Waals surface area (Å²) in [5, 5.41) is 33.7. The zero-order chi connectivity index (χ0) is 8.65. The lowest BCUT2D eigenvalue weighted by molar-refractivity contribution is 0.114. The van der Waals surface area contributed by atoms with Crippen molar-refractivity contribution in [1.82, 2.24) is 0 Å². The summed E-state index contributed by atoms with van der Waals surface area (Å²) in [6.45, 7) is 0. The third-order valence-corrected chi connectivity index (χ3v) is 1.48. The Morgan fingerprint density at radius 2 is 1.64 bits per heavy atom. The molecule has 0 heterocycles. The lowest BCUT2D eigenvalue weighted by Crippen LogP contribution is -2.27. The fourth-order valence-corrected chi connectivity index (χ4v) is 0.989. The van der Waals surface area contributed by atoms with Gasteiger partial charge in [-0.25, -0.2) is 0 Å². The highest BCUT2D eigenvalue weighted by Crippen LogP contribution is 2.26. The molecule has 0 aromatic carbocycles. The highest BCUT2D eigenvalue weighted by Gasteiger charge is 2.30. The number of aliphatic hydroxyl groups is 4. The van der Waals surface area contributed by atoms with E-state index in [-0.39, 0.29) is 0 Å². The minimum absolute atomic E-state index is 0.567. The van der Waals surface area contributed by atoms with E-state index in [1.807, 2.05) is 0 Å². The average Bonchev–Trinajstić information content (AvgIpc) is 1.81. The first-order valence-corrected chi connectivity index (χ1v) is 3.23. The molecule has 1 aliphatic rings. The predicted octanol–water partition coefficient (Wildman–Crippen LogP) is 0.172. The Morgan fingerprint density at radius 1 is 1.27 bits per heavy atom. The fourth-order valence-electron chi connectivity index (χ4n) is 0.766. The molecule has 0 saturated carbocycles. The fraction of sp³-hybridized carbons (Fsp3) is 0.333. The summed E-state index contributed by atoms with van der Waals surface area (Å²) in [5.74, 6) is -1.13. The molecule has 1 aliphatic carbocycles. The van der Waals surface area contributed by atoms with Gasteiger partial charge >= 0.3 is 0 Å². The van der Waals surface area contributed by atoms with Crippen LogP contribution in [0.2, 0.25) is 0 Å². The highest BCUT2D eigenvalue weighted by atomic mass is 35.5. The van der Waals surface area contributed by atoms with Crippen LogP contribution in [0.1, 0.15) is 0 Å². The van der Waals surface area contributed by atoms with Crippen LogP contribution in [-0.2, 0) is 0 Å². The quantitative estimate of drug-likeness (QED) is 0.399. The van der Waals surface area contributed by atoms with Gasteiger partial charge < -0.3 is 20.4 Å². The second-order valence-electron chi connectivity index (χ2n) is 2.27. The van der Waals surface area contributed by atoms with E-state index in [0.717, 1.165) is 12.2 Å². The van der Waals surface area contributed by atoms with Gasteiger partial charge in [0.1, 0.15) is 11.5 Å². The van der Waals surface area contributed by atoms with Crippen LogP contribution in [0.25, 0.3) is 0 Å². The smallest absolute Gasteiger partial charge is 0.183 e. The van der Waals surface area contributed by atoms with E-state index in [2.05, 4.69) is 0 Å². The number of hydrogen-bond acceptors (Lipinski definition) is 4. The van der Waals surface area contributed by atoms with Gasteiger partial charge in [0.05, 0.1) is 0 Å². The molecule has 0 aliphatic heterocycles. The van der Waals surface area contributed by atoms with Crippen molar-refractivity contribution in [2.45, 2.75) is 11.2 Å². The maximum Gasteiger partial charge on any atom is 0.183 e. The van der Waals surface area contributed by atoms with E-state index < -0.39 is 22.7 Å². The van der Waals surface area contributed by atoms with Crippen molar-refractivity contribution in [3.8, 4) is 0 Å². The van der Waals surface area contributed by atoms with Crippen LogP contribution in [0.5, 0.6) is 0 Å². The van der Waals surface area contributed by atoms with Gasteiger partial charge in [0.2, 0.25) is 0 Å². The van der Waals surface area contributed by atoms with E-state index in [9.17, 15) is 0 Å². The van der Waals surface area contributed by atoms with Crippen LogP contribution in [0.15, 0.2) is 23.7 Å². The van der Waals surface area contributed by atoms with E-state index in [1.54, 1.807) is 0 Å². The molecule has 4 nitrogen and oxygen atoms in total. The van der Waals surface area contributed by atoms with Crippen molar-refractivity contribution in [3.05, 3.63) is 23.7 Å². The van der Waals surface area contributed by atoms with Gasteiger partial charge in [-0.2, -0.15) is 0 Å². The first-order chi connectivity index (χ1) is 4.92. The third kappa shape index (κ3) is 1.65. The van der Waals surface area contributed by atoms with Crippen LogP contribution < -0.4 is 0 Å². The number of halogens is 1. The Labute approximate surface area is 67.7 Å². The van der Waals surface area contributed by atoms with Crippen molar-refractivity contribution >= 4 is 11.6 Å². The van der Waals surface area contributed by atoms with Crippen LogP contribution in [0.4, 0.5) is 0 Å². The van der Waals surface area contributed by atoms with Crippen molar-refractivity contribution in [2.24, 2.45) is 0 Å². The average molecular weight is 179 g/mol. The largest absolute Gasteiger partial charge is 0.509 e. The third-order valence-electron chi connectivity index (χ3n) is 1.26. The maximum atomic E-state index is 9.01. The summed E-state index contributed by atoms with van der Waals surface area (Å²) < 4.78 is 0. The molecular formula is C6H7ClO4. The minimum Gasteiger partial charge on any atom is -0.509 e. The summed E-state index contributed by atoms with van der Waals surface area (Å²) in [4.78, 5) is 0. The van der Waals surface area contributed by atoms with Crippen LogP contribution in [-0.4, -0.2) is 31.6 Å². The molecule has 0 atom stereocenters. The van der Waals surface area contributed by atoms with Gasteiger partial charge in [0.25, 0.3) is 0 Å². The molecule has 11 heavy (non-hydrogen) atoms. The molecule has 4 N–H and O–H groups in total. The van der Waals surface area contributed by atoms with E-state index in [0.29, 0.717) is 0 Å². The number of rotatable bonds is 0. The van der Waals surface area contributed by atoms with Gasteiger partial charge in [0.15, 0.2) is 11.2 Å². The van der Waals surface area contributed by atoms with Crippen molar-refractivity contribution in [2.75, 3.05) is 0 Å². The molecule has 0 bridgehead atoms. The second-order valence-corrected chi connectivity index (χ2v) is 2.87. The molecule has 0 spiro atoms. The molecular weight excluding hydrogens is 172 g/mol. The normalized spacial score (nSPS) is 37.9. The first-order valence-electron chi connectivity index (χ1n) is 2.85. The molecule has 0 saturated heterocycles. The Balaban J connectivity index is 2.98. The molecule has 5 heteroatoms. The predicted molar refractivity (Wildman–Crippen MR) is 38.2 cm³/mol. The number of aliphatic hydroxyl groups excluding tert-OH is 3. The van der Waals surface area contributed by atoms with E-state index in [1.165, 1.54) is 0 Å². The van der Waals surface area contributed by atoms with Crippen LogP contribution >= 0.6 is 11.6 Å². The summed E-state index contributed by atoms with van der Waals surface area (Å²) in [6, 6.07) is 0. The van der Waals surface area contributed by atoms with Gasteiger partial charge in [-0.3, -0.25) is 0 Å². The molecule has 1 rings (SSSR count). The van der Waals surface area contributed by atoms with Gasteiger partial charge in [-0.15, -0.1) is 0 Å². The summed E-state index contributed by atoms with van der Waals surface area (Å²) >= 11 is 5.30. The van der Waals surface area contributed by atoms with E-state index >= 15 is 0 Å². The Kier molecular flexibility index (Phi) is 1.83. The van der Waals surface area contributed by atoms with Crippen molar-refractivity contribution < 1.29 is 20.4 Å².